The summed E-state index contributed by atoms with van der Waals surface area (Å²) in [5.74, 6) is 0.251. The average Bonchev–Trinajstić information content (AvgIpc) is 3.14. The van der Waals surface area contributed by atoms with Crippen LogP contribution in [0.5, 0.6) is 0 Å². The number of hydrogen-bond acceptors (Lipinski definition) is 5. The fraction of sp³-hybridized carbons (Fsp3) is 0.222. The lowest BCUT2D eigenvalue weighted by atomic mass is 10.1. The smallest absolute Gasteiger partial charge is 0.233 e. The number of hydrogen-bond donors (Lipinski definition) is 0. The molecule has 0 radical (unpaired) electrons. The molecule has 1 aromatic heterocycles. The number of tetrazole rings is 1. The lowest BCUT2D eigenvalue weighted by Gasteiger charge is -2.25. The molecule has 2 aromatic carbocycles. The maximum Gasteiger partial charge on any atom is 0.233 e. The number of thioether (sulfide) groups is 1. The molecule has 134 valence electrons. The lowest BCUT2D eigenvalue weighted by molar-refractivity contribution is -0.128. The molecule has 1 heterocycles. The number of nitrogens with zero attached hydrogens (tertiary/aromatic N) is 5. The molecule has 0 fully saturated rings. The van der Waals surface area contributed by atoms with Gasteiger partial charge in [0.1, 0.15) is 0 Å². The highest BCUT2D eigenvalue weighted by molar-refractivity contribution is 7.99. The zero-order chi connectivity index (χ0) is 18.5. The van der Waals surface area contributed by atoms with Gasteiger partial charge in [-0.2, -0.15) is 4.68 Å². The quantitative estimate of drug-likeness (QED) is 0.604. The topological polar surface area (TPSA) is 63.9 Å². The molecule has 26 heavy (non-hydrogen) atoms. The highest BCUT2D eigenvalue weighted by Gasteiger charge is 2.19. The highest BCUT2D eigenvalue weighted by atomic mass is 35.5. The second-order valence-corrected chi connectivity index (χ2v) is 7.11. The van der Waals surface area contributed by atoms with Crippen LogP contribution in [0.4, 0.5) is 0 Å². The molecule has 0 aliphatic carbocycles. The molecule has 8 heteroatoms. The standard InChI is InChI=1S/C18H18ClN5OS/c1-13(14-7-4-3-5-8-14)23(2)17(25)12-26-18-20-21-22-24(18)16-10-6-9-15(19)11-16/h3-11,13H,12H2,1-2H3/t13-/m0/s1. The third kappa shape index (κ3) is 4.23. The maximum absolute atomic E-state index is 12.6. The molecule has 3 aromatic rings. The average molecular weight is 388 g/mol. The van der Waals surface area contributed by atoms with Crippen molar-refractivity contribution in [3.05, 3.63) is 65.2 Å². The van der Waals surface area contributed by atoms with Crippen molar-refractivity contribution in [2.45, 2.75) is 18.1 Å². The number of carbonyl (C=O) groups is 1. The molecule has 0 bridgehead atoms. The van der Waals surface area contributed by atoms with E-state index in [0.29, 0.717) is 10.2 Å². The van der Waals surface area contributed by atoms with Crippen LogP contribution < -0.4 is 0 Å². The third-order valence-corrected chi connectivity index (χ3v) is 5.21. The molecule has 0 aliphatic rings. The maximum atomic E-state index is 12.6. The van der Waals surface area contributed by atoms with Crippen LogP contribution in [0.15, 0.2) is 59.8 Å². The van der Waals surface area contributed by atoms with Crippen molar-refractivity contribution in [3.63, 3.8) is 0 Å². The number of carbonyl (C=O) groups excluding carboxylic acids is 1. The predicted octanol–water partition coefficient (Wildman–Crippen LogP) is 3.63. The molecule has 3 rings (SSSR count). The SMILES string of the molecule is C[C@@H](c1ccccc1)N(C)C(=O)CSc1nnnn1-c1cccc(Cl)c1. The minimum atomic E-state index is -0.00627. The van der Waals surface area contributed by atoms with Gasteiger partial charge in [0.05, 0.1) is 17.5 Å². The number of rotatable bonds is 6. The van der Waals surface area contributed by atoms with E-state index in [1.807, 2.05) is 49.4 Å². The Balaban J connectivity index is 1.66. The van der Waals surface area contributed by atoms with Gasteiger partial charge >= 0.3 is 0 Å². The van der Waals surface area contributed by atoms with Crippen LogP contribution in [0.3, 0.4) is 0 Å². The summed E-state index contributed by atoms with van der Waals surface area (Å²) < 4.78 is 1.57. The molecule has 0 aliphatic heterocycles. The molecule has 0 unspecified atom stereocenters. The number of benzene rings is 2. The summed E-state index contributed by atoms with van der Waals surface area (Å²) in [5, 5.41) is 12.8. The molecular weight excluding hydrogens is 370 g/mol. The van der Waals surface area contributed by atoms with Gasteiger partial charge < -0.3 is 4.90 Å². The minimum Gasteiger partial charge on any atom is -0.338 e. The lowest BCUT2D eigenvalue weighted by Crippen LogP contribution is -2.31. The summed E-state index contributed by atoms with van der Waals surface area (Å²) in [6.07, 6.45) is 0. The summed E-state index contributed by atoms with van der Waals surface area (Å²) in [6.45, 7) is 2.01. The van der Waals surface area contributed by atoms with Crippen LogP contribution in [-0.2, 0) is 4.79 Å². The van der Waals surface area contributed by atoms with E-state index in [9.17, 15) is 4.79 Å². The molecule has 0 N–H and O–H groups in total. The van der Waals surface area contributed by atoms with Gasteiger partial charge in [-0.05, 0) is 41.1 Å². The predicted molar refractivity (Wildman–Crippen MR) is 103 cm³/mol. The van der Waals surface area contributed by atoms with Gasteiger partial charge in [-0.1, -0.05) is 59.8 Å². The van der Waals surface area contributed by atoms with Crippen molar-refractivity contribution < 1.29 is 4.79 Å². The van der Waals surface area contributed by atoms with Gasteiger partial charge in [-0.3, -0.25) is 4.79 Å². The van der Waals surface area contributed by atoms with Crippen LogP contribution >= 0.6 is 23.4 Å². The molecule has 0 saturated carbocycles. The summed E-state index contributed by atoms with van der Waals surface area (Å²) in [7, 11) is 1.81. The first kappa shape index (κ1) is 18.4. The van der Waals surface area contributed by atoms with E-state index < -0.39 is 0 Å². The summed E-state index contributed by atoms with van der Waals surface area (Å²) >= 11 is 7.32. The number of aromatic nitrogens is 4. The Morgan fingerprint density at radius 2 is 2.00 bits per heavy atom. The van der Waals surface area contributed by atoms with Gasteiger partial charge in [0, 0.05) is 12.1 Å². The largest absolute Gasteiger partial charge is 0.338 e. The van der Waals surface area contributed by atoms with Gasteiger partial charge in [0.15, 0.2) is 0 Å². The van der Waals surface area contributed by atoms with Crippen LogP contribution in [0.2, 0.25) is 5.02 Å². The van der Waals surface area contributed by atoms with E-state index in [1.54, 1.807) is 28.8 Å². The minimum absolute atomic E-state index is 0.00627. The Morgan fingerprint density at radius 3 is 2.73 bits per heavy atom. The van der Waals surface area contributed by atoms with Crippen LogP contribution in [0.1, 0.15) is 18.5 Å². The first-order valence-electron chi connectivity index (χ1n) is 8.04. The third-order valence-electron chi connectivity index (χ3n) is 4.07. The highest BCUT2D eigenvalue weighted by Crippen LogP contribution is 2.23. The van der Waals surface area contributed by atoms with Crippen molar-refractivity contribution in [2.75, 3.05) is 12.8 Å². The Hall–Kier alpha value is -2.38. The van der Waals surface area contributed by atoms with Gasteiger partial charge in [0.2, 0.25) is 11.1 Å². The van der Waals surface area contributed by atoms with E-state index in [2.05, 4.69) is 15.5 Å². The summed E-state index contributed by atoms with van der Waals surface area (Å²) in [5.41, 5.74) is 1.85. The normalized spacial score (nSPS) is 12.0. The van der Waals surface area contributed by atoms with E-state index in [4.69, 9.17) is 11.6 Å². The van der Waals surface area contributed by atoms with Gasteiger partial charge in [-0.15, -0.1) is 5.10 Å². The van der Waals surface area contributed by atoms with E-state index in [-0.39, 0.29) is 17.7 Å². The van der Waals surface area contributed by atoms with E-state index >= 15 is 0 Å². The summed E-state index contributed by atoms with van der Waals surface area (Å²) in [4.78, 5) is 14.3. The first-order chi connectivity index (χ1) is 12.6. The zero-order valence-corrected chi connectivity index (χ0v) is 16.0. The van der Waals surface area contributed by atoms with Crippen molar-refractivity contribution in [3.8, 4) is 5.69 Å². The van der Waals surface area contributed by atoms with Crippen LogP contribution in [0.25, 0.3) is 5.69 Å². The van der Waals surface area contributed by atoms with E-state index in [1.165, 1.54) is 11.8 Å². The zero-order valence-electron chi connectivity index (χ0n) is 14.4. The molecule has 0 spiro atoms. The number of amides is 1. The van der Waals surface area contributed by atoms with Crippen molar-refractivity contribution >= 4 is 29.3 Å². The van der Waals surface area contributed by atoms with Crippen molar-refractivity contribution in [2.24, 2.45) is 0 Å². The molecular formula is C18H18ClN5OS. The fourth-order valence-electron chi connectivity index (χ4n) is 2.44. The van der Waals surface area contributed by atoms with Crippen LogP contribution in [-0.4, -0.2) is 43.8 Å². The molecule has 1 atom stereocenters. The van der Waals surface area contributed by atoms with Crippen molar-refractivity contribution in [1.82, 2.24) is 25.1 Å². The van der Waals surface area contributed by atoms with Crippen LogP contribution in [0, 0.1) is 0 Å². The Bertz CT molecular complexity index is 886. The van der Waals surface area contributed by atoms with Gasteiger partial charge in [0.25, 0.3) is 0 Å². The monoisotopic (exact) mass is 387 g/mol. The van der Waals surface area contributed by atoms with Crippen molar-refractivity contribution in [1.29, 1.82) is 0 Å². The number of halogens is 1. The Labute approximate surface area is 161 Å². The first-order valence-corrected chi connectivity index (χ1v) is 9.40. The van der Waals surface area contributed by atoms with E-state index in [0.717, 1.165) is 11.3 Å². The Kier molecular flexibility index (Phi) is 5.90. The molecule has 0 saturated heterocycles. The van der Waals surface area contributed by atoms with Gasteiger partial charge in [-0.25, -0.2) is 0 Å². The second kappa shape index (κ2) is 8.33. The Morgan fingerprint density at radius 1 is 1.23 bits per heavy atom. The molecule has 1 amide bonds. The summed E-state index contributed by atoms with van der Waals surface area (Å²) in [6, 6.07) is 17.2. The fourth-order valence-corrected chi connectivity index (χ4v) is 3.44. The molecule has 6 nitrogen and oxygen atoms in total. The second-order valence-electron chi connectivity index (χ2n) is 5.73.